The summed E-state index contributed by atoms with van der Waals surface area (Å²) in [6, 6.07) is 3.59. The molecule has 172 valence electrons. The first-order chi connectivity index (χ1) is 15.8. The molecule has 2 unspecified atom stereocenters. The minimum Gasteiger partial charge on any atom is -0.387 e. The number of amides is 1. The number of aliphatic hydroxyl groups is 2. The Morgan fingerprint density at radius 1 is 1.36 bits per heavy atom. The van der Waals surface area contributed by atoms with Gasteiger partial charge in [0.05, 0.1) is 21.0 Å². The molecule has 0 saturated heterocycles. The van der Waals surface area contributed by atoms with Crippen molar-refractivity contribution in [3.8, 4) is 11.8 Å². The van der Waals surface area contributed by atoms with Gasteiger partial charge in [-0.1, -0.05) is 18.5 Å². The maximum absolute atomic E-state index is 12.5. The Morgan fingerprint density at radius 3 is 2.88 bits per heavy atom. The van der Waals surface area contributed by atoms with Crippen molar-refractivity contribution in [3.63, 3.8) is 0 Å². The van der Waals surface area contributed by atoms with Crippen LogP contribution in [0.2, 0.25) is 4.34 Å². The number of aromatic nitrogens is 4. The lowest BCUT2D eigenvalue weighted by molar-refractivity contribution is -0.155. The van der Waals surface area contributed by atoms with Gasteiger partial charge in [0.2, 0.25) is 11.7 Å². The van der Waals surface area contributed by atoms with E-state index in [-0.39, 0.29) is 24.1 Å². The van der Waals surface area contributed by atoms with Crippen LogP contribution in [0.3, 0.4) is 0 Å². The number of nitrogens with zero attached hydrogens (tertiary/aromatic N) is 4. The fraction of sp³-hybridized carbons (Fsp3) is 0.455. The first-order valence-electron chi connectivity index (χ1n) is 10.7. The molecule has 0 aliphatic heterocycles. The maximum atomic E-state index is 12.5. The Hall–Kier alpha value is -2.71. The molecule has 0 radical (unpaired) electrons. The van der Waals surface area contributed by atoms with E-state index in [4.69, 9.17) is 11.6 Å². The van der Waals surface area contributed by atoms with Crippen molar-refractivity contribution in [2.24, 2.45) is 11.3 Å². The molecule has 3 heterocycles. The van der Waals surface area contributed by atoms with Crippen molar-refractivity contribution in [2.75, 3.05) is 18.9 Å². The molecule has 0 bridgehead atoms. The second kappa shape index (κ2) is 7.95. The van der Waals surface area contributed by atoms with Crippen molar-refractivity contribution in [3.05, 3.63) is 33.5 Å². The highest BCUT2D eigenvalue weighted by Crippen LogP contribution is 2.68. The summed E-state index contributed by atoms with van der Waals surface area (Å²) in [6.45, 7) is 2.70. The van der Waals surface area contributed by atoms with Crippen LogP contribution in [0.15, 0.2) is 18.5 Å². The molecule has 4 atom stereocenters. The third-order valence-electron chi connectivity index (χ3n) is 6.50. The van der Waals surface area contributed by atoms with Gasteiger partial charge in [0.15, 0.2) is 22.7 Å². The number of thiophene rings is 1. The molecule has 33 heavy (non-hydrogen) atoms. The van der Waals surface area contributed by atoms with Gasteiger partial charge in [0, 0.05) is 20.0 Å². The van der Waals surface area contributed by atoms with E-state index in [0.29, 0.717) is 34.3 Å². The Kier molecular flexibility index (Phi) is 5.33. The van der Waals surface area contributed by atoms with Crippen LogP contribution in [0.1, 0.15) is 36.9 Å². The molecule has 3 aromatic rings. The Bertz CT molecular complexity index is 1310. The smallest absolute Gasteiger partial charge is 0.229 e. The van der Waals surface area contributed by atoms with Crippen LogP contribution in [-0.4, -0.2) is 55.3 Å². The third-order valence-corrected chi connectivity index (χ3v) is 7.65. The normalized spacial score (nSPS) is 27.7. The van der Waals surface area contributed by atoms with Gasteiger partial charge in [0.1, 0.15) is 6.10 Å². The van der Waals surface area contributed by atoms with Gasteiger partial charge < -0.3 is 20.8 Å². The fourth-order valence-electron chi connectivity index (χ4n) is 4.79. The third kappa shape index (κ3) is 3.38. The Labute approximate surface area is 199 Å². The molecule has 3 aromatic heterocycles. The van der Waals surface area contributed by atoms with E-state index in [1.54, 1.807) is 6.07 Å². The van der Waals surface area contributed by atoms with Gasteiger partial charge in [-0.2, -0.15) is 0 Å². The van der Waals surface area contributed by atoms with E-state index in [9.17, 15) is 15.0 Å². The zero-order valence-electron chi connectivity index (χ0n) is 18.1. The first kappa shape index (κ1) is 22.1. The van der Waals surface area contributed by atoms with Gasteiger partial charge in [-0.05, 0) is 42.7 Å². The number of aliphatic hydroxyl groups excluding tert-OH is 1. The highest BCUT2D eigenvalue weighted by molar-refractivity contribution is 7.16. The summed E-state index contributed by atoms with van der Waals surface area (Å²) in [7, 11) is 1.54. The standard InChI is InChI=1S/C22H23ClN6O3S/c1-3-8-25-17-16-18(28-15(27-17)7-5-13-4-6-14(23)33-13)29(11-26-16)22(32)10-12-9-21(12,19(22)30)20(31)24-2/h4,6,11-12,19,30,32H,3,8-10H2,1-2H3,(H,24,31)(H,25,27,28)/t12?,19-,21?,22+/m1/s1. The number of anilines is 1. The molecule has 0 aromatic carbocycles. The van der Waals surface area contributed by atoms with Gasteiger partial charge in [-0.3, -0.25) is 9.36 Å². The average molecular weight is 487 g/mol. The number of fused-ring (bicyclic) bond motifs is 2. The summed E-state index contributed by atoms with van der Waals surface area (Å²) in [5.74, 6) is 6.33. The van der Waals surface area contributed by atoms with Crippen LogP contribution in [0.25, 0.3) is 11.2 Å². The van der Waals surface area contributed by atoms with Crippen LogP contribution in [-0.2, 0) is 10.5 Å². The number of rotatable bonds is 5. The number of hydrogen-bond donors (Lipinski definition) is 4. The van der Waals surface area contributed by atoms with E-state index in [1.165, 1.54) is 29.3 Å². The number of carbonyl (C=O) groups excluding carboxylic acids is 1. The Morgan fingerprint density at radius 2 is 2.18 bits per heavy atom. The molecule has 5 rings (SSSR count). The van der Waals surface area contributed by atoms with Gasteiger partial charge >= 0.3 is 0 Å². The predicted octanol–water partition coefficient (Wildman–Crippen LogP) is 1.92. The molecule has 4 N–H and O–H groups in total. The summed E-state index contributed by atoms with van der Waals surface area (Å²) in [6.07, 6.45) is 1.79. The SMILES string of the molecule is CCCNc1nc(C#Cc2ccc(Cl)s2)nc2c1ncn2[C@]1(O)CC2CC2(C(=O)NC)[C@H]1O. The van der Waals surface area contributed by atoms with E-state index >= 15 is 0 Å². The second-order valence-electron chi connectivity index (χ2n) is 8.47. The molecule has 2 aliphatic carbocycles. The molecule has 2 aliphatic rings. The van der Waals surface area contributed by atoms with E-state index in [1.807, 2.05) is 13.0 Å². The topological polar surface area (TPSA) is 125 Å². The maximum Gasteiger partial charge on any atom is 0.229 e. The van der Waals surface area contributed by atoms with Crippen molar-refractivity contribution in [1.82, 2.24) is 24.8 Å². The largest absolute Gasteiger partial charge is 0.387 e. The Balaban J connectivity index is 1.59. The summed E-state index contributed by atoms with van der Waals surface area (Å²) >= 11 is 7.34. The molecule has 1 amide bonds. The zero-order valence-corrected chi connectivity index (χ0v) is 19.7. The lowest BCUT2D eigenvalue weighted by atomic mass is 9.94. The average Bonchev–Trinajstić information content (AvgIpc) is 3.07. The number of imidazole rings is 1. The van der Waals surface area contributed by atoms with Gasteiger partial charge in [0.25, 0.3) is 0 Å². The molecule has 2 saturated carbocycles. The molecule has 11 heteroatoms. The van der Waals surface area contributed by atoms with Crippen LogP contribution >= 0.6 is 22.9 Å². The minimum atomic E-state index is -1.72. The fourth-order valence-corrected chi connectivity index (χ4v) is 5.69. The monoisotopic (exact) mass is 486 g/mol. The molecule has 2 fully saturated rings. The summed E-state index contributed by atoms with van der Waals surface area (Å²) in [5.41, 5.74) is -1.90. The lowest BCUT2D eigenvalue weighted by Crippen LogP contribution is -2.49. The quantitative estimate of drug-likeness (QED) is 0.406. The van der Waals surface area contributed by atoms with Crippen LogP contribution in [0, 0.1) is 23.2 Å². The summed E-state index contributed by atoms with van der Waals surface area (Å²) in [4.78, 5) is 26.8. The van der Waals surface area contributed by atoms with E-state index < -0.39 is 17.2 Å². The highest BCUT2D eigenvalue weighted by Gasteiger charge is 2.76. The highest BCUT2D eigenvalue weighted by atomic mass is 35.5. The van der Waals surface area contributed by atoms with Gasteiger partial charge in [-0.25, -0.2) is 15.0 Å². The van der Waals surface area contributed by atoms with Crippen molar-refractivity contribution >= 4 is 45.8 Å². The molecule has 9 nitrogen and oxygen atoms in total. The number of nitrogens with one attached hydrogen (secondary N) is 2. The second-order valence-corrected chi connectivity index (χ2v) is 10.2. The van der Waals surface area contributed by atoms with Crippen LogP contribution in [0.5, 0.6) is 0 Å². The van der Waals surface area contributed by atoms with Crippen LogP contribution < -0.4 is 10.6 Å². The lowest BCUT2D eigenvalue weighted by Gasteiger charge is -2.33. The summed E-state index contributed by atoms with van der Waals surface area (Å²) < 4.78 is 2.09. The van der Waals surface area contributed by atoms with E-state index in [0.717, 1.165) is 11.3 Å². The molecular formula is C22H23ClN6O3S. The number of hydrogen-bond acceptors (Lipinski definition) is 8. The van der Waals surface area contributed by atoms with Gasteiger partial charge in [-0.15, -0.1) is 11.3 Å². The predicted molar refractivity (Wildman–Crippen MR) is 125 cm³/mol. The number of halogens is 1. The zero-order chi connectivity index (χ0) is 23.4. The van der Waals surface area contributed by atoms with Crippen molar-refractivity contribution in [2.45, 2.75) is 38.0 Å². The van der Waals surface area contributed by atoms with Crippen molar-refractivity contribution < 1.29 is 15.0 Å². The van der Waals surface area contributed by atoms with Crippen LogP contribution in [0.4, 0.5) is 5.82 Å². The molecule has 0 spiro atoms. The first-order valence-corrected chi connectivity index (χ1v) is 11.9. The summed E-state index contributed by atoms with van der Waals surface area (Å²) in [5, 5.41) is 28.5. The number of carbonyl (C=O) groups is 1. The van der Waals surface area contributed by atoms with E-state index in [2.05, 4.69) is 37.4 Å². The minimum absolute atomic E-state index is 0.114. The van der Waals surface area contributed by atoms with Crippen molar-refractivity contribution in [1.29, 1.82) is 0 Å². The molecular weight excluding hydrogens is 464 g/mol.